The second-order valence-electron chi connectivity index (χ2n) is 5.13. The second kappa shape index (κ2) is 5.42. The van der Waals surface area contributed by atoms with Crippen molar-refractivity contribution in [2.24, 2.45) is 0 Å². The highest BCUT2D eigenvalue weighted by atomic mass is 16.4. The minimum absolute atomic E-state index is 0.0497. The number of aryl methyl sites for hydroxylation is 1. The van der Waals surface area contributed by atoms with Crippen LogP contribution in [0.5, 0.6) is 0 Å². The monoisotopic (exact) mass is 266 g/mol. The first-order valence-electron chi connectivity index (χ1n) is 6.47. The fraction of sp³-hybridized carbons (Fsp3) is 0.615. The van der Waals surface area contributed by atoms with E-state index < -0.39 is 11.5 Å². The van der Waals surface area contributed by atoms with Crippen LogP contribution in [0.25, 0.3) is 0 Å². The van der Waals surface area contributed by atoms with Gasteiger partial charge in [-0.2, -0.15) is 0 Å². The number of aromatic nitrogens is 1. The number of aliphatic carboxylic acids is 1. The average molecular weight is 266 g/mol. The molecule has 0 aliphatic heterocycles. The quantitative estimate of drug-likeness (QED) is 0.868. The van der Waals surface area contributed by atoms with Crippen LogP contribution in [0.1, 0.15) is 54.8 Å². The van der Waals surface area contributed by atoms with E-state index in [1.807, 2.05) is 0 Å². The summed E-state index contributed by atoms with van der Waals surface area (Å²) in [6.07, 6.45) is 5.50. The van der Waals surface area contributed by atoms with Crippen LogP contribution in [-0.2, 0) is 4.79 Å². The lowest BCUT2D eigenvalue weighted by atomic mass is 9.79. The summed E-state index contributed by atoms with van der Waals surface area (Å²) in [6, 6.07) is 0. The Morgan fingerprint density at radius 2 is 2.11 bits per heavy atom. The summed E-state index contributed by atoms with van der Waals surface area (Å²) in [5, 5.41) is 11.9. The van der Waals surface area contributed by atoms with Gasteiger partial charge >= 0.3 is 5.97 Å². The minimum atomic E-state index is -0.892. The van der Waals surface area contributed by atoms with Crippen LogP contribution in [0.4, 0.5) is 0 Å². The lowest BCUT2D eigenvalue weighted by Crippen LogP contribution is -2.51. The number of nitrogens with zero attached hydrogens (tertiary/aromatic N) is 1. The Morgan fingerprint density at radius 3 is 2.63 bits per heavy atom. The Kier molecular flexibility index (Phi) is 3.87. The molecule has 19 heavy (non-hydrogen) atoms. The molecule has 0 saturated heterocycles. The highest BCUT2D eigenvalue weighted by Crippen LogP contribution is 2.31. The predicted molar refractivity (Wildman–Crippen MR) is 66.8 cm³/mol. The summed E-state index contributed by atoms with van der Waals surface area (Å²) in [7, 11) is 0. The van der Waals surface area contributed by atoms with Crippen molar-refractivity contribution in [2.45, 2.75) is 51.0 Å². The van der Waals surface area contributed by atoms with E-state index in [0.717, 1.165) is 19.3 Å². The molecule has 0 radical (unpaired) electrons. The topological polar surface area (TPSA) is 92.4 Å². The van der Waals surface area contributed by atoms with Crippen molar-refractivity contribution in [1.82, 2.24) is 10.3 Å². The lowest BCUT2D eigenvalue weighted by Gasteiger charge is -2.36. The van der Waals surface area contributed by atoms with Gasteiger partial charge in [-0.1, -0.05) is 19.3 Å². The third kappa shape index (κ3) is 3.13. The van der Waals surface area contributed by atoms with Gasteiger partial charge in [0.1, 0.15) is 0 Å². The summed E-state index contributed by atoms with van der Waals surface area (Å²) >= 11 is 0. The van der Waals surface area contributed by atoms with E-state index in [9.17, 15) is 9.59 Å². The first-order valence-corrected chi connectivity index (χ1v) is 6.47. The number of oxazole rings is 1. The van der Waals surface area contributed by atoms with Gasteiger partial charge in [0.05, 0.1) is 17.7 Å². The Bertz CT molecular complexity index is 475. The van der Waals surface area contributed by atoms with Crippen LogP contribution in [0.3, 0.4) is 0 Å². The van der Waals surface area contributed by atoms with Crippen LogP contribution in [-0.4, -0.2) is 27.5 Å². The van der Waals surface area contributed by atoms with Crippen molar-refractivity contribution in [3.05, 3.63) is 17.8 Å². The summed E-state index contributed by atoms with van der Waals surface area (Å²) in [5.41, 5.74) is -0.140. The molecule has 0 atom stereocenters. The first-order chi connectivity index (χ1) is 9.02. The van der Waals surface area contributed by atoms with Crippen molar-refractivity contribution in [3.63, 3.8) is 0 Å². The van der Waals surface area contributed by atoms with Crippen molar-refractivity contribution in [3.8, 4) is 0 Å². The van der Waals surface area contributed by atoms with Crippen LogP contribution >= 0.6 is 0 Å². The van der Waals surface area contributed by atoms with Gasteiger partial charge in [0.15, 0.2) is 6.39 Å². The SMILES string of the molecule is Cc1ncoc1C(=O)NC1(CC(=O)O)CCCCC1. The lowest BCUT2D eigenvalue weighted by molar-refractivity contribution is -0.139. The molecule has 6 heteroatoms. The molecule has 1 aromatic heterocycles. The summed E-state index contributed by atoms with van der Waals surface area (Å²) < 4.78 is 5.05. The van der Waals surface area contributed by atoms with Crippen LogP contribution in [0, 0.1) is 6.92 Å². The van der Waals surface area contributed by atoms with Crippen molar-refractivity contribution in [1.29, 1.82) is 0 Å². The molecule has 0 bridgehead atoms. The standard InChI is InChI=1S/C13H18N2O4/c1-9-11(19-8-14-9)12(18)15-13(7-10(16)17)5-3-2-4-6-13/h8H,2-7H2,1H3,(H,15,18)(H,16,17). The minimum Gasteiger partial charge on any atom is -0.481 e. The van der Waals surface area contributed by atoms with E-state index >= 15 is 0 Å². The highest BCUT2D eigenvalue weighted by Gasteiger charge is 2.36. The molecule has 2 N–H and O–H groups in total. The zero-order valence-electron chi connectivity index (χ0n) is 10.9. The summed E-state index contributed by atoms with van der Waals surface area (Å²) in [4.78, 5) is 27.0. The normalized spacial score (nSPS) is 17.9. The Labute approximate surface area is 111 Å². The van der Waals surface area contributed by atoms with E-state index in [0.29, 0.717) is 18.5 Å². The molecule has 1 heterocycles. The number of hydrogen-bond acceptors (Lipinski definition) is 4. The predicted octanol–water partition coefficient (Wildman–Crippen LogP) is 1.89. The Morgan fingerprint density at radius 1 is 1.42 bits per heavy atom. The third-order valence-corrected chi connectivity index (χ3v) is 3.63. The van der Waals surface area contributed by atoms with Gasteiger partial charge in [0.25, 0.3) is 5.91 Å². The van der Waals surface area contributed by atoms with Gasteiger partial charge in [0, 0.05) is 0 Å². The molecule has 0 aromatic carbocycles. The maximum atomic E-state index is 12.1. The summed E-state index contributed by atoms with van der Waals surface area (Å²) in [5.74, 6) is -1.11. The molecule has 0 unspecified atom stereocenters. The molecule has 6 nitrogen and oxygen atoms in total. The van der Waals surface area contributed by atoms with Crippen LogP contribution < -0.4 is 5.32 Å². The van der Waals surface area contributed by atoms with Crippen LogP contribution in [0.15, 0.2) is 10.8 Å². The van der Waals surface area contributed by atoms with Crippen LogP contribution in [0.2, 0.25) is 0 Å². The van der Waals surface area contributed by atoms with Gasteiger partial charge < -0.3 is 14.8 Å². The van der Waals surface area contributed by atoms with E-state index in [1.165, 1.54) is 6.39 Å². The first kappa shape index (κ1) is 13.6. The van der Waals surface area contributed by atoms with E-state index in [2.05, 4.69) is 10.3 Å². The molecular weight excluding hydrogens is 248 g/mol. The molecular formula is C13H18N2O4. The van der Waals surface area contributed by atoms with Crippen molar-refractivity contribution < 1.29 is 19.1 Å². The maximum Gasteiger partial charge on any atom is 0.305 e. The number of amides is 1. The fourth-order valence-corrected chi connectivity index (χ4v) is 2.68. The largest absolute Gasteiger partial charge is 0.481 e. The van der Waals surface area contributed by atoms with Crippen molar-refractivity contribution >= 4 is 11.9 Å². The maximum absolute atomic E-state index is 12.1. The van der Waals surface area contributed by atoms with E-state index in [4.69, 9.17) is 9.52 Å². The number of carbonyl (C=O) groups excluding carboxylic acids is 1. The molecule has 0 spiro atoms. The number of carbonyl (C=O) groups is 2. The van der Waals surface area contributed by atoms with Gasteiger partial charge in [-0.3, -0.25) is 9.59 Å². The smallest absolute Gasteiger partial charge is 0.305 e. The van der Waals surface area contributed by atoms with Gasteiger partial charge in [-0.25, -0.2) is 4.98 Å². The number of carboxylic acid groups (broad SMARTS) is 1. The van der Waals surface area contributed by atoms with E-state index in [-0.39, 0.29) is 18.1 Å². The van der Waals surface area contributed by atoms with E-state index in [1.54, 1.807) is 6.92 Å². The van der Waals surface area contributed by atoms with Gasteiger partial charge in [-0.15, -0.1) is 0 Å². The molecule has 104 valence electrons. The molecule has 1 aliphatic rings. The zero-order valence-corrected chi connectivity index (χ0v) is 10.9. The third-order valence-electron chi connectivity index (χ3n) is 3.63. The number of nitrogens with one attached hydrogen (secondary N) is 1. The molecule has 2 rings (SSSR count). The Balaban J connectivity index is 2.14. The van der Waals surface area contributed by atoms with Crippen molar-refractivity contribution in [2.75, 3.05) is 0 Å². The van der Waals surface area contributed by atoms with Gasteiger partial charge in [-0.05, 0) is 19.8 Å². The zero-order chi connectivity index (χ0) is 13.9. The molecule has 1 amide bonds. The number of hydrogen-bond donors (Lipinski definition) is 2. The second-order valence-corrected chi connectivity index (χ2v) is 5.13. The number of rotatable bonds is 4. The highest BCUT2D eigenvalue weighted by molar-refractivity contribution is 5.93. The molecule has 1 aliphatic carbocycles. The Hall–Kier alpha value is -1.85. The average Bonchev–Trinajstić information content (AvgIpc) is 2.75. The number of carboxylic acids is 1. The van der Waals surface area contributed by atoms with Gasteiger partial charge in [0.2, 0.25) is 5.76 Å². The molecule has 1 saturated carbocycles. The summed E-state index contributed by atoms with van der Waals surface area (Å²) in [6.45, 7) is 1.68. The fourth-order valence-electron chi connectivity index (χ4n) is 2.68. The molecule has 1 aromatic rings. The molecule has 1 fully saturated rings.